The van der Waals surface area contributed by atoms with E-state index in [0.717, 1.165) is 4.68 Å². The number of rotatable bonds is 6. The van der Waals surface area contributed by atoms with Crippen molar-refractivity contribution in [1.82, 2.24) is 34.1 Å². The van der Waals surface area contributed by atoms with Gasteiger partial charge >= 0.3 is 6.18 Å². The van der Waals surface area contributed by atoms with Crippen LogP contribution in [-0.4, -0.2) is 46.2 Å². The standard InChI is InChI=1S/C26H25F3N8O/c1-15(2)37-14-30-34-24(37)20-9-6-10-21(32-20)33-25(38)22-16(3)35(4)23-18(7-5-8-19(22)23)17-11-31-36(12-17)13-26(27,28)29/h5-12,14-15H,13H2,1-4H3,(H,32,33,38). The molecule has 38 heavy (non-hydrogen) atoms. The molecule has 0 unspecified atom stereocenters. The number of benzene rings is 1. The molecule has 4 aromatic heterocycles. The number of aromatic nitrogens is 7. The highest BCUT2D eigenvalue weighted by atomic mass is 19.4. The fourth-order valence-electron chi connectivity index (χ4n) is 4.54. The quantitative estimate of drug-likeness (QED) is 0.322. The van der Waals surface area contributed by atoms with Crippen LogP contribution in [0.3, 0.4) is 0 Å². The number of halogens is 3. The molecule has 1 N–H and O–H groups in total. The molecule has 0 saturated heterocycles. The van der Waals surface area contributed by atoms with E-state index >= 15 is 0 Å². The number of anilines is 1. The largest absolute Gasteiger partial charge is 0.408 e. The number of amides is 1. The first-order valence-electron chi connectivity index (χ1n) is 11.9. The third-order valence-corrected chi connectivity index (χ3v) is 6.37. The third-order valence-electron chi connectivity index (χ3n) is 6.37. The topological polar surface area (TPSA) is 95.5 Å². The Morgan fingerprint density at radius 2 is 1.89 bits per heavy atom. The van der Waals surface area contributed by atoms with E-state index in [1.165, 1.54) is 12.4 Å². The van der Waals surface area contributed by atoms with E-state index in [1.807, 2.05) is 43.0 Å². The van der Waals surface area contributed by atoms with E-state index in [1.54, 1.807) is 36.7 Å². The van der Waals surface area contributed by atoms with E-state index in [-0.39, 0.29) is 11.9 Å². The maximum atomic E-state index is 13.5. The minimum atomic E-state index is -4.38. The van der Waals surface area contributed by atoms with Crippen LogP contribution in [0, 0.1) is 6.92 Å². The first-order chi connectivity index (χ1) is 18.0. The van der Waals surface area contributed by atoms with E-state index in [0.29, 0.717) is 50.6 Å². The summed E-state index contributed by atoms with van der Waals surface area (Å²) in [5, 5.41) is 15.6. The molecule has 4 heterocycles. The normalized spacial score (nSPS) is 12.0. The molecular weight excluding hydrogens is 497 g/mol. The molecule has 0 aliphatic carbocycles. The molecule has 0 atom stereocenters. The number of aryl methyl sites for hydroxylation is 1. The fourth-order valence-corrected chi connectivity index (χ4v) is 4.54. The van der Waals surface area contributed by atoms with Gasteiger partial charge in [0.2, 0.25) is 0 Å². The van der Waals surface area contributed by atoms with E-state index < -0.39 is 12.7 Å². The highest BCUT2D eigenvalue weighted by molar-refractivity contribution is 6.15. The lowest BCUT2D eigenvalue weighted by atomic mass is 10.0. The number of hydrogen-bond donors (Lipinski definition) is 1. The summed E-state index contributed by atoms with van der Waals surface area (Å²) in [5.74, 6) is 0.591. The third kappa shape index (κ3) is 4.64. The lowest BCUT2D eigenvalue weighted by Gasteiger charge is -2.11. The zero-order chi connectivity index (χ0) is 27.2. The van der Waals surface area contributed by atoms with Crippen molar-refractivity contribution in [1.29, 1.82) is 0 Å². The summed E-state index contributed by atoms with van der Waals surface area (Å²) in [6.45, 7) is 4.66. The average molecular weight is 523 g/mol. The number of alkyl halides is 3. The molecule has 0 radical (unpaired) electrons. The molecular formula is C26H25F3N8O. The van der Waals surface area contributed by atoms with Crippen molar-refractivity contribution in [3.63, 3.8) is 0 Å². The van der Waals surface area contributed by atoms with Gasteiger partial charge in [-0.1, -0.05) is 24.3 Å². The van der Waals surface area contributed by atoms with Crippen LogP contribution in [0.25, 0.3) is 33.5 Å². The minimum Gasteiger partial charge on any atom is -0.347 e. The number of hydrogen-bond acceptors (Lipinski definition) is 5. The number of nitrogens with zero attached hydrogens (tertiary/aromatic N) is 7. The van der Waals surface area contributed by atoms with Crippen molar-refractivity contribution in [3.05, 3.63) is 66.4 Å². The Hall–Kier alpha value is -4.48. The average Bonchev–Trinajstić information content (AvgIpc) is 3.57. The maximum absolute atomic E-state index is 13.5. The number of para-hydroxylation sites is 1. The second-order valence-corrected chi connectivity index (χ2v) is 9.28. The van der Waals surface area contributed by atoms with E-state index in [2.05, 4.69) is 25.6 Å². The number of fused-ring (bicyclic) bond motifs is 1. The summed E-state index contributed by atoms with van der Waals surface area (Å²) >= 11 is 0. The summed E-state index contributed by atoms with van der Waals surface area (Å²) in [5.41, 5.74) is 3.63. The van der Waals surface area contributed by atoms with Gasteiger partial charge < -0.3 is 14.5 Å². The summed E-state index contributed by atoms with van der Waals surface area (Å²) in [7, 11) is 1.82. The Labute approximate surface area is 215 Å². The first kappa shape index (κ1) is 25.2. The van der Waals surface area contributed by atoms with Gasteiger partial charge in [-0.05, 0) is 32.9 Å². The Morgan fingerprint density at radius 1 is 1.13 bits per heavy atom. The molecule has 5 rings (SSSR count). The van der Waals surface area contributed by atoms with E-state index in [4.69, 9.17) is 0 Å². The Bertz CT molecular complexity index is 1640. The van der Waals surface area contributed by atoms with Crippen molar-refractivity contribution in [2.75, 3.05) is 5.32 Å². The van der Waals surface area contributed by atoms with Crippen molar-refractivity contribution in [2.24, 2.45) is 7.05 Å². The lowest BCUT2D eigenvalue weighted by Crippen LogP contribution is -2.17. The SMILES string of the molecule is Cc1c(C(=O)Nc2cccc(-c3nncn3C(C)C)n2)c2cccc(-c3cnn(CC(F)(F)F)c3)c2n1C. The van der Waals surface area contributed by atoms with Crippen LogP contribution in [0.5, 0.6) is 0 Å². The smallest absolute Gasteiger partial charge is 0.347 e. The van der Waals surface area contributed by atoms with Crippen molar-refractivity contribution < 1.29 is 18.0 Å². The minimum absolute atomic E-state index is 0.133. The first-order valence-corrected chi connectivity index (χ1v) is 11.9. The van der Waals surface area contributed by atoms with Crippen LogP contribution in [0.1, 0.15) is 35.9 Å². The van der Waals surface area contributed by atoms with Crippen LogP contribution in [-0.2, 0) is 13.6 Å². The molecule has 0 aliphatic rings. The van der Waals surface area contributed by atoms with Gasteiger partial charge in [-0.15, -0.1) is 10.2 Å². The monoisotopic (exact) mass is 522 g/mol. The van der Waals surface area contributed by atoms with Crippen LogP contribution < -0.4 is 5.32 Å². The second kappa shape index (κ2) is 9.43. The van der Waals surface area contributed by atoms with Crippen LogP contribution in [0.2, 0.25) is 0 Å². The van der Waals surface area contributed by atoms with Gasteiger partial charge in [-0.25, -0.2) is 4.98 Å². The molecule has 0 aliphatic heterocycles. The Kier molecular flexibility index (Phi) is 6.25. The predicted octanol–water partition coefficient (Wildman–Crippen LogP) is 5.40. The molecule has 9 nitrogen and oxygen atoms in total. The molecule has 0 fully saturated rings. The highest BCUT2D eigenvalue weighted by Gasteiger charge is 2.29. The molecule has 0 bridgehead atoms. The number of carbonyl (C=O) groups is 1. The van der Waals surface area contributed by atoms with Gasteiger partial charge in [0.25, 0.3) is 5.91 Å². The van der Waals surface area contributed by atoms with Gasteiger partial charge in [0, 0.05) is 41.5 Å². The summed E-state index contributed by atoms with van der Waals surface area (Å²) in [6, 6.07) is 10.8. The molecule has 1 aromatic carbocycles. The zero-order valence-electron chi connectivity index (χ0n) is 21.2. The van der Waals surface area contributed by atoms with Crippen LogP contribution in [0.4, 0.5) is 19.0 Å². The summed E-state index contributed by atoms with van der Waals surface area (Å²) in [4.78, 5) is 18.1. The molecule has 0 saturated carbocycles. The zero-order valence-corrected chi connectivity index (χ0v) is 21.2. The van der Waals surface area contributed by atoms with Gasteiger partial charge in [-0.2, -0.15) is 18.3 Å². The van der Waals surface area contributed by atoms with Crippen molar-refractivity contribution >= 4 is 22.6 Å². The molecule has 12 heteroatoms. The van der Waals surface area contributed by atoms with Crippen LogP contribution in [0.15, 0.2) is 55.1 Å². The highest BCUT2D eigenvalue weighted by Crippen LogP contribution is 2.34. The van der Waals surface area contributed by atoms with Gasteiger partial charge in [0.15, 0.2) is 5.82 Å². The Balaban J connectivity index is 1.49. The van der Waals surface area contributed by atoms with E-state index in [9.17, 15) is 18.0 Å². The molecule has 196 valence electrons. The van der Waals surface area contributed by atoms with Gasteiger partial charge in [-0.3, -0.25) is 9.48 Å². The molecule has 0 spiro atoms. The predicted molar refractivity (Wildman–Crippen MR) is 137 cm³/mol. The van der Waals surface area contributed by atoms with Crippen LogP contribution >= 0.6 is 0 Å². The number of carbonyl (C=O) groups excluding carboxylic acids is 1. The molecule has 5 aromatic rings. The summed E-state index contributed by atoms with van der Waals surface area (Å²) in [6.07, 6.45) is 0.0122. The summed E-state index contributed by atoms with van der Waals surface area (Å²) < 4.78 is 43.1. The molecule has 1 amide bonds. The van der Waals surface area contributed by atoms with Crippen molar-refractivity contribution in [2.45, 2.75) is 39.5 Å². The number of nitrogens with one attached hydrogen (secondary N) is 1. The maximum Gasteiger partial charge on any atom is 0.408 e. The van der Waals surface area contributed by atoms with Gasteiger partial charge in [0.05, 0.1) is 17.3 Å². The Morgan fingerprint density at radius 3 is 2.63 bits per heavy atom. The number of pyridine rings is 1. The van der Waals surface area contributed by atoms with Gasteiger partial charge in [0.1, 0.15) is 24.4 Å². The lowest BCUT2D eigenvalue weighted by molar-refractivity contribution is -0.142. The second-order valence-electron chi connectivity index (χ2n) is 9.28. The van der Waals surface area contributed by atoms with Crippen molar-refractivity contribution in [3.8, 4) is 22.6 Å². The fraction of sp³-hybridized carbons (Fsp3) is 0.269.